The molecule has 102 valence electrons. The zero-order chi connectivity index (χ0) is 13.5. The Labute approximate surface area is 119 Å². The molecule has 2 N–H and O–H groups in total. The number of nitrogens with two attached hydrogens (primary N) is 1. The predicted octanol–water partition coefficient (Wildman–Crippen LogP) is 2.22. The molecule has 1 aliphatic carbocycles. The third-order valence-electron chi connectivity index (χ3n) is 3.24. The van der Waals surface area contributed by atoms with Gasteiger partial charge >= 0.3 is 0 Å². The number of ether oxygens (including phenoxy) is 1. The maximum atomic E-state index is 5.69. The Bertz CT molecular complexity index is 744. The number of aromatic nitrogens is 4. The average molecular weight is 287 g/mol. The van der Waals surface area contributed by atoms with E-state index in [0.717, 1.165) is 27.2 Å². The second-order valence-electron chi connectivity index (χ2n) is 4.88. The topological polar surface area (TPSA) is 78.3 Å². The van der Waals surface area contributed by atoms with Crippen molar-refractivity contribution in [1.29, 1.82) is 0 Å². The Kier molecular flexibility index (Phi) is 2.59. The largest absolute Gasteiger partial charge is 0.486 e. The van der Waals surface area contributed by atoms with Gasteiger partial charge in [0.2, 0.25) is 4.96 Å². The maximum absolute atomic E-state index is 5.69. The molecular weight excluding hydrogens is 274 g/mol. The molecule has 0 amide bonds. The monoisotopic (exact) mass is 287 g/mol. The van der Waals surface area contributed by atoms with Crippen LogP contribution >= 0.6 is 11.3 Å². The molecule has 0 atom stereocenters. The Hall–Kier alpha value is -2.15. The van der Waals surface area contributed by atoms with Crippen LogP contribution in [0.2, 0.25) is 0 Å². The highest BCUT2D eigenvalue weighted by molar-refractivity contribution is 7.16. The van der Waals surface area contributed by atoms with Gasteiger partial charge in [-0.3, -0.25) is 0 Å². The molecule has 4 rings (SSSR count). The van der Waals surface area contributed by atoms with Crippen molar-refractivity contribution in [3.05, 3.63) is 35.1 Å². The fraction of sp³-hybridized carbons (Fsp3) is 0.308. The van der Waals surface area contributed by atoms with Crippen LogP contribution < -0.4 is 10.5 Å². The lowest BCUT2D eigenvalue weighted by Gasteiger charge is -2.03. The van der Waals surface area contributed by atoms with Gasteiger partial charge in [-0.1, -0.05) is 11.3 Å². The van der Waals surface area contributed by atoms with Crippen LogP contribution in [0, 0.1) is 0 Å². The van der Waals surface area contributed by atoms with Crippen LogP contribution in [0.1, 0.15) is 29.6 Å². The van der Waals surface area contributed by atoms with E-state index >= 15 is 0 Å². The number of fused-ring (bicyclic) bond motifs is 1. The Morgan fingerprint density at radius 2 is 2.05 bits per heavy atom. The number of nitrogens with zero attached hydrogens (tertiary/aromatic N) is 4. The highest BCUT2D eigenvalue weighted by atomic mass is 32.1. The summed E-state index contributed by atoms with van der Waals surface area (Å²) in [7, 11) is 0. The van der Waals surface area contributed by atoms with Crippen molar-refractivity contribution < 1.29 is 4.74 Å². The number of rotatable bonds is 4. The molecule has 2 aromatic heterocycles. The average Bonchev–Trinajstić information content (AvgIpc) is 3.09. The molecule has 1 saturated carbocycles. The minimum Gasteiger partial charge on any atom is -0.486 e. The van der Waals surface area contributed by atoms with Crippen molar-refractivity contribution >= 4 is 22.0 Å². The number of hydrogen-bond donors (Lipinski definition) is 1. The Morgan fingerprint density at radius 3 is 2.80 bits per heavy atom. The van der Waals surface area contributed by atoms with E-state index in [9.17, 15) is 0 Å². The van der Waals surface area contributed by atoms with Gasteiger partial charge in [-0.25, -0.2) is 0 Å². The van der Waals surface area contributed by atoms with E-state index in [1.807, 2.05) is 28.8 Å². The molecule has 7 heteroatoms. The first kappa shape index (κ1) is 11.7. The van der Waals surface area contributed by atoms with Gasteiger partial charge in [0.1, 0.15) is 12.4 Å². The molecule has 0 spiro atoms. The second-order valence-corrected chi connectivity index (χ2v) is 5.92. The first-order valence-corrected chi connectivity index (χ1v) is 7.30. The molecule has 1 aromatic carbocycles. The second kappa shape index (κ2) is 4.45. The molecule has 1 aliphatic rings. The van der Waals surface area contributed by atoms with Gasteiger partial charge in [-0.05, 0) is 37.1 Å². The fourth-order valence-electron chi connectivity index (χ4n) is 2.04. The normalized spacial score (nSPS) is 14.8. The molecule has 0 saturated heterocycles. The van der Waals surface area contributed by atoms with Crippen molar-refractivity contribution in [3.63, 3.8) is 0 Å². The van der Waals surface area contributed by atoms with Crippen LogP contribution in [-0.4, -0.2) is 19.8 Å². The zero-order valence-electron chi connectivity index (χ0n) is 10.7. The van der Waals surface area contributed by atoms with Crippen LogP contribution in [0.25, 0.3) is 4.96 Å². The van der Waals surface area contributed by atoms with E-state index in [-0.39, 0.29) is 0 Å². The van der Waals surface area contributed by atoms with Crippen LogP contribution in [0.4, 0.5) is 5.69 Å². The molecule has 20 heavy (non-hydrogen) atoms. The van der Waals surface area contributed by atoms with Gasteiger partial charge in [-0.15, -0.1) is 10.2 Å². The van der Waals surface area contributed by atoms with E-state index in [1.54, 1.807) is 0 Å². The lowest BCUT2D eigenvalue weighted by molar-refractivity contribution is 0.304. The van der Waals surface area contributed by atoms with Gasteiger partial charge in [-0.2, -0.15) is 9.61 Å². The Morgan fingerprint density at radius 1 is 1.25 bits per heavy atom. The molecule has 3 aromatic rings. The third kappa shape index (κ3) is 2.09. The molecule has 1 fully saturated rings. The first-order valence-electron chi connectivity index (χ1n) is 6.49. The van der Waals surface area contributed by atoms with Crippen molar-refractivity contribution in [2.24, 2.45) is 0 Å². The molecule has 0 bridgehead atoms. The predicted molar refractivity (Wildman–Crippen MR) is 75.8 cm³/mol. The van der Waals surface area contributed by atoms with E-state index in [1.165, 1.54) is 24.2 Å². The summed E-state index contributed by atoms with van der Waals surface area (Å²) >= 11 is 1.51. The van der Waals surface area contributed by atoms with Gasteiger partial charge in [0.25, 0.3) is 0 Å². The van der Waals surface area contributed by atoms with E-state index in [2.05, 4.69) is 15.3 Å². The Balaban J connectivity index is 1.52. The van der Waals surface area contributed by atoms with Crippen molar-refractivity contribution in [1.82, 2.24) is 19.8 Å². The summed E-state index contributed by atoms with van der Waals surface area (Å²) in [4.78, 5) is 0.836. The quantitative estimate of drug-likeness (QED) is 0.744. The number of benzene rings is 1. The van der Waals surface area contributed by atoms with Crippen molar-refractivity contribution in [2.45, 2.75) is 25.4 Å². The maximum Gasteiger partial charge on any atom is 0.234 e. The molecule has 6 nitrogen and oxygen atoms in total. The minimum atomic E-state index is 0.433. The van der Waals surface area contributed by atoms with Crippen molar-refractivity contribution in [2.75, 3.05) is 5.73 Å². The van der Waals surface area contributed by atoms with E-state index in [4.69, 9.17) is 10.5 Å². The molecule has 0 radical (unpaired) electrons. The summed E-state index contributed by atoms with van der Waals surface area (Å²) in [5.74, 6) is 2.31. The number of hydrogen-bond acceptors (Lipinski definition) is 6. The first-order chi connectivity index (χ1) is 9.79. The summed E-state index contributed by atoms with van der Waals surface area (Å²) < 4.78 is 7.54. The van der Waals surface area contributed by atoms with Gasteiger partial charge < -0.3 is 10.5 Å². The van der Waals surface area contributed by atoms with Crippen molar-refractivity contribution in [3.8, 4) is 5.75 Å². The lowest BCUT2D eigenvalue weighted by atomic mass is 10.3. The molecule has 0 aliphatic heterocycles. The van der Waals surface area contributed by atoms with Crippen LogP contribution in [0.5, 0.6) is 5.75 Å². The summed E-state index contributed by atoms with van der Waals surface area (Å²) in [6, 6.07) is 7.34. The zero-order valence-corrected chi connectivity index (χ0v) is 11.5. The van der Waals surface area contributed by atoms with Gasteiger partial charge in [0, 0.05) is 11.6 Å². The fourth-order valence-corrected chi connectivity index (χ4v) is 2.79. The molecular formula is C13H13N5OS. The van der Waals surface area contributed by atoms with Gasteiger partial charge in [0.15, 0.2) is 10.8 Å². The third-order valence-corrected chi connectivity index (χ3v) is 4.11. The standard InChI is InChI=1S/C13H13N5OS/c14-9-3-5-10(6-4-9)19-7-11-17-18-12(8-1-2-8)15-16-13(18)20-11/h3-6,8H,1-2,7,14H2. The molecule has 2 heterocycles. The van der Waals surface area contributed by atoms with Crippen LogP contribution in [-0.2, 0) is 6.61 Å². The minimum absolute atomic E-state index is 0.433. The smallest absolute Gasteiger partial charge is 0.234 e. The number of nitrogen functional groups attached to an aromatic ring is 1. The number of anilines is 1. The lowest BCUT2D eigenvalue weighted by Crippen LogP contribution is -1.98. The van der Waals surface area contributed by atoms with E-state index < -0.39 is 0 Å². The summed E-state index contributed by atoms with van der Waals surface area (Å²) in [5.41, 5.74) is 6.36. The summed E-state index contributed by atoms with van der Waals surface area (Å²) in [6.07, 6.45) is 2.38. The summed E-state index contributed by atoms with van der Waals surface area (Å²) in [6.45, 7) is 0.433. The van der Waals surface area contributed by atoms with E-state index in [0.29, 0.717) is 12.5 Å². The van der Waals surface area contributed by atoms with Crippen LogP contribution in [0.3, 0.4) is 0 Å². The van der Waals surface area contributed by atoms with Gasteiger partial charge in [0.05, 0.1) is 0 Å². The highest BCUT2D eigenvalue weighted by Crippen LogP contribution is 2.39. The van der Waals surface area contributed by atoms with Crippen LogP contribution in [0.15, 0.2) is 24.3 Å². The summed E-state index contributed by atoms with van der Waals surface area (Å²) in [5, 5.41) is 13.8. The molecule has 0 unspecified atom stereocenters. The SMILES string of the molecule is Nc1ccc(OCc2nn3c(C4CC4)nnc3s2)cc1. The highest BCUT2D eigenvalue weighted by Gasteiger charge is 2.30.